The van der Waals surface area contributed by atoms with E-state index >= 15 is 0 Å². The van der Waals surface area contributed by atoms with Gasteiger partial charge in [-0.15, -0.1) is 5.10 Å². The van der Waals surface area contributed by atoms with Crippen LogP contribution < -0.4 is 0 Å². The minimum absolute atomic E-state index is 0.560. The Hall–Kier alpha value is -2.69. The van der Waals surface area contributed by atoms with Gasteiger partial charge in [-0.05, 0) is 39.2 Å². The predicted molar refractivity (Wildman–Crippen MR) is 108 cm³/mol. The summed E-state index contributed by atoms with van der Waals surface area (Å²) in [5.74, 6) is 0.756. The number of hydrogen-bond acceptors (Lipinski definition) is 3. The number of aromatic nitrogens is 5. The van der Waals surface area contributed by atoms with Crippen LogP contribution in [-0.2, 0) is 0 Å². The van der Waals surface area contributed by atoms with Crippen molar-refractivity contribution < 1.29 is 0 Å². The fourth-order valence-corrected chi connectivity index (χ4v) is 4.50. The van der Waals surface area contributed by atoms with Crippen LogP contribution in [0.25, 0.3) is 28.1 Å². The quantitative estimate of drug-likeness (QED) is 0.496. The van der Waals surface area contributed by atoms with Crippen LogP contribution in [0.2, 0.25) is 0 Å². The van der Waals surface area contributed by atoms with Crippen molar-refractivity contribution in [1.82, 2.24) is 24.1 Å². The SMILES string of the molecule is Cc1ccc(-c2nc3c4c(C)c(C)n(C5CCCCC5)c4ncn3n2)cc1. The summed E-state index contributed by atoms with van der Waals surface area (Å²) < 4.78 is 4.29. The molecule has 5 nitrogen and oxygen atoms in total. The summed E-state index contributed by atoms with van der Waals surface area (Å²) in [5.41, 5.74) is 6.84. The van der Waals surface area contributed by atoms with Crippen molar-refractivity contribution in [2.75, 3.05) is 0 Å². The van der Waals surface area contributed by atoms with Crippen molar-refractivity contribution in [3.8, 4) is 11.4 Å². The van der Waals surface area contributed by atoms with Crippen LogP contribution in [0.15, 0.2) is 30.6 Å². The Morgan fingerprint density at radius 2 is 1.67 bits per heavy atom. The molecule has 5 heteroatoms. The van der Waals surface area contributed by atoms with Crippen molar-refractivity contribution in [2.45, 2.75) is 58.9 Å². The molecule has 1 aromatic carbocycles. The van der Waals surface area contributed by atoms with Gasteiger partial charge in [0.1, 0.15) is 12.0 Å². The van der Waals surface area contributed by atoms with Crippen LogP contribution in [0.1, 0.15) is 55.0 Å². The standard InChI is InChI=1S/C22H25N5/c1-14-9-11-17(12-10-14)20-24-22-19-15(2)16(3)27(18-7-5-4-6-8-18)21(19)23-13-26(22)25-20/h9-13,18H,4-8H2,1-3H3. The van der Waals surface area contributed by atoms with Crippen molar-refractivity contribution in [3.05, 3.63) is 47.4 Å². The number of nitrogens with zero attached hydrogens (tertiary/aromatic N) is 5. The highest BCUT2D eigenvalue weighted by atomic mass is 15.3. The van der Waals surface area contributed by atoms with Crippen LogP contribution in [-0.4, -0.2) is 24.1 Å². The summed E-state index contributed by atoms with van der Waals surface area (Å²) in [5, 5.41) is 5.83. The molecular weight excluding hydrogens is 334 g/mol. The van der Waals surface area contributed by atoms with E-state index in [0.29, 0.717) is 6.04 Å². The second-order valence-electron chi connectivity index (χ2n) is 7.89. The van der Waals surface area contributed by atoms with Gasteiger partial charge < -0.3 is 4.57 Å². The molecule has 27 heavy (non-hydrogen) atoms. The van der Waals surface area contributed by atoms with Gasteiger partial charge in [-0.25, -0.2) is 14.5 Å². The highest BCUT2D eigenvalue weighted by Crippen LogP contribution is 2.36. The van der Waals surface area contributed by atoms with Gasteiger partial charge in [0.25, 0.3) is 0 Å². The molecule has 0 radical (unpaired) electrons. The van der Waals surface area contributed by atoms with Crippen LogP contribution in [0.4, 0.5) is 0 Å². The third-order valence-corrected chi connectivity index (χ3v) is 6.12. The molecule has 0 amide bonds. The van der Waals surface area contributed by atoms with Gasteiger partial charge >= 0.3 is 0 Å². The highest BCUT2D eigenvalue weighted by molar-refractivity contribution is 5.94. The maximum Gasteiger partial charge on any atom is 0.182 e. The molecule has 0 unspecified atom stereocenters. The number of fused-ring (bicyclic) bond motifs is 3. The molecule has 138 valence electrons. The third kappa shape index (κ3) is 2.56. The lowest BCUT2D eigenvalue weighted by molar-refractivity contribution is 0.355. The molecule has 4 aromatic rings. The number of benzene rings is 1. The van der Waals surface area contributed by atoms with E-state index in [0.717, 1.165) is 28.1 Å². The van der Waals surface area contributed by atoms with Gasteiger partial charge in [-0.2, -0.15) is 0 Å². The zero-order chi connectivity index (χ0) is 18.5. The summed E-state index contributed by atoms with van der Waals surface area (Å²) in [6.45, 7) is 6.51. The first-order valence-corrected chi connectivity index (χ1v) is 9.93. The molecule has 0 spiro atoms. The first-order chi connectivity index (χ1) is 13.1. The first-order valence-electron chi connectivity index (χ1n) is 9.93. The highest BCUT2D eigenvalue weighted by Gasteiger charge is 2.24. The van der Waals surface area contributed by atoms with E-state index in [9.17, 15) is 0 Å². The van der Waals surface area contributed by atoms with E-state index in [-0.39, 0.29) is 0 Å². The lowest BCUT2D eigenvalue weighted by Gasteiger charge is -2.25. The van der Waals surface area contributed by atoms with Crippen molar-refractivity contribution >= 4 is 16.7 Å². The minimum atomic E-state index is 0.560. The lowest BCUT2D eigenvalue weighted by atomic mass is 9.95. The fraction of sp³-hybridized carbons (Fsp3) is 0.409. The Labute approximate surface area is 159 Å². The van der Waals surface area contributed by atoms with Crippen LogP contribution in [0, 0.1) is 20.8 Å². The maximum atomic E-state index is 4.90. The normalized spacial score (nSPS) is 15.8. The number of rotatable bonds is 2. The van der Waals surface area contributed by atoms with E-state index in [4.69, 9.17) is 9.97 Å². The number of aryl methyl sites for hydroxylation is 2. The van der Waals surface area contributed by atoms with Crippen LogP contribution >= 0.6 is 0 Å². The monoisotopic (exact) mass is 359 g/mol. The second-order valence-corrected chi connectivity index (χ2v) is 7.89. The maximum absolute atomic E-state index is 4.90. The van der Waals surface area contributed by atoms with Gasteiger partial charge in [0, 0.05) is 17.3 Å². The largest absolute Gasteiger partial charge is 0.326 e. The van der Waals surface area contributed by atoms with E-state index in [1.165, 1.54) is 48.9 Å². The van der Waals surface area contributed by atoms with Crippen LogP contribution in [0.3, 0.4) is 0 Å². The van der Waals surface area contributed by atoms with E-state index in [2.05, 4.69) is 54.7 Å². The summed E-state index contributed by atoms with van der Waals surface area (Å²) in [7, 11) is 0. The molecule has 0 bridgehead atoms. The van der Waals surface area contributed by atoms with E-state index in [1.807, 2.05) is 10.8 Å². The minimum Gasteiger partial charge on any atom is -0.326 e. The second kappa shape index (κ2) is 6.19. The van der Waals surface area contributed by atoms with Crippen molar-refractivity contribution in [2.24, 2.45) is 0 Å². The predicted octanol–water partition coefficient (Wildman–Crippen LogP) is 5.18. The summed E-state index contributed by atoms with van der Waals surface area (Å²) in [6.07, 6.45) is 8.30. The number of hydrogen-bond donors (Lipinski definition) is 0. The van der Waals surface area contributed by atoms with Gasteiger partial charge in [0.05, 0.1) is 5.39 Å². The molecule has 0 saturated heterocycles. The molecule has 0 atom stereocenters. The molecule has 1 aliphatic rings. The molecular formula is C22H25N5. The zero-order valence-electron chi connectivity index (χ0n) is 16.2. The molecule has 0 aliphatic heterocycles. The van der Waals surface area contributed by atoms with Gasteiger partial charge in [0.2, 0.25) is 0 Å². The average molecular weight is 359 g/mol. The molecule has 3 heterocycles. The Morgan fingerprint density at radius 1 is 0.926 bits per heavy atom. The van der Waals surface area contributed by atoms with Crippen molar-refractivity contribution in [1.29, 1.82) is 0 Å². The summed E-state index contributed by atoms with van der Waals surface area (Å²) in [6, 6.07) is 8.93. The molecule has 1 aliphatic carbocycles. The molecule has 0 N–H and O–H groups in total. The molecule has 3 aromatic heterocycles. The Morgan fingerprint density at radius 3 is 2.41 bits per heavy atom. The third-order valence-electron chi connectivity index (χ3n) is 6.12. The molecule has 1 saturated carbocycles. The van der Waals surface area contributed by atoms with E-state index in [1.54, 1.807) is 0 Å². The Kier molecular flexibility index (Phi) is 3.78. The first kappa shape index (κ1) is 16.5. The Bertz CT molecular complexity index is 1130. The topological polar surface area (TPSA) is 48.0 Å². The summed E-state index contributed by atoms with van der Waals surface area (Å²) in [4.78, 5) is 9.71. The smallest absolute Gasteiger partial charge is 0.182 e. The Balaban J connectivity index is 1.71. The lowest BCUT2D eigenvalue weighted by Crippen LogP contribution is -2.14. The van der Waals surface area contributed by atoms with Gasteiger partial charge in [-0.1, -0.05) is 49.1 Å². The molecule has 5 rings (SSSR count). The zero-order valence-corrected chi connectivity index (χ0v) is 16.2. The average Bonchev–Trinajstić information content (AvgIpc) is 3.22. The molecule has 1 fully saturated rings. The fourth-order valence-electron chi connectivity index (χ4n) is 4.50. The van der Waals surface area contributed by atoms with Crippen molar-refractivity contribution in [3.63, 3.8) is 0 Å². The van der Waals surface area contributed by atoms with Gasteiger partial charge in [0.15, 0.2) is 11.5 Å². The van der Waals surface area contributed by atoms with E-state index < -0.39 is 0 Å². The van der Waals surface area contributed by atoms with Crippen LogP contribution in [0.5, 0.6) is 0 Å². The summed E-state index contributed by atoms with van der Waals surface area (Å²) >= 11 is 0. The van der Waals surface area contributed by atoms with Gasteiger partial charge in [-0.3, -0.25) is 0 Å².